The third kappa shape index (κ3) is 1.80. The second kappa shape index (κ2) is 4.00. The van der Waals surface area contributed by atoms with Crippen molar-refractivity contribution in [3.05, 3.63) is 27.7 Å². The average Bonchev–Trinajstić information content (AvgIpc) is 2.73. The topological polar surface area (TPSA) is 96.2 Å². The zero-order valence-electron chi connectivity index (χ0n) is 8.82. The van der Waals surface area contributed by atoms with Crippen molar-refractivity contribution < 1.29 is 9.90 Å². The van der Waals surface area contributed by atoms with Crippen LogP contribution in [0.2, 0.25) is 0 Å². The summed E-state index contributed by atoms with van der Waals surface area (Å²) in [6.07, 6.45) is 4.28. The van der Waals surface area contributed by atoms with Crippen molar-refractivity contribution in [2.45, 2.75) is 31.6 Å². The van der Waals surface area contributed by atoms with Crippen LogP contribution in [0.3, 0.4) is 0 Å². The molecule has 86 valence electrons. The van der Waals surface area contributed by atoms with E-state index in [4.69, 9.17) is 10.8 Å². The lowest BCUT2D eigenvalue weighted by atomic mass is 10.0. The second-order valence-corrected chi connectivity index (χ2v) is 4.17. The largest absolute Gasteiger partial charge is 0.477 e. The van der Waals surface area contributed by atoms with Gasteiger partial charge in [0.05, 0.1) is 5.69 Å². The Balaban J connectivity index is 2.45. The molecule has 0 radical (unpaired) electrons. The van der Waals surface area contributed by atoms with Crippen LogP contribution in [0.25, 0.3) is 0 Å². The van der Waals surface area contributed by atoms with Gasteiger partial charge in [0.2, 0.25) is 0 Å². The second-order valence-electron chi connectivity index (χ2n) is 4.17. The van der Waals surface area contributed by atoms with Gasteiger partial charge in [-0.05, 0) is 18.9 Å². The van der Waals surface area contributed by atoms with E-state index >= 15 is 0 Å². The highest BCUT2D eigenvalue weighted by molar-refractivity contribution is 5.88. The molecule has 0 spiro atoms. The Morgan fingerprint density at radius 1 is 1.44 bits per heavy atom. The number of rotatable bonds is 2. The molecule has 1 saturated carbocycles. The van der Waals surface area contributed by atoms with Crippen molar-refractivity contribution in [2.75, 3.05) is 5.73 Å². The standard InChI is InChI=1S/C11H14N2O3/c12-8-5-7(11(15)16)10(14)13-9(8)6-3-1-2-4-6/h5-6H,1-4,12H2,(H,13,14)(H,15,16). The normalized spacial score (nSPS) is 16.5. The molecule has 4 N–H and O–H groups in total. The SMILES string of the molecule is Nc1cc(C(=O)O)c(=O)[nH]c1C1CCCC1. The van der Waals surface area contributed by atoms with E-state index < -0.39 is 11.5 Å². The summed E-state index contributed by atoms with van der Waals surface area (Å²) in [5.41, 5.74) is 6.00. The monoisotopic (exact) mass is 222 g/mol. The molecule has 0 aromatic carbocycles. The lowest BCUT2D eigenvalue weighted by Crippen LogP contribution is -2.21. The van der Waals surface area contributed by atoms with E-state index in [0.717, 1.165) is 25.7 Å². The molecule has 0 bridgehead atoms. The fourth-order valence-electron chi connectivity index (χ4n) is 2.27. The molecule has 0 aliphatic heterocycles. The van der Waals surface area contributed by atoms with Crippen LogP contribution in [0.15, 0.2) is 10.9 Å². The highest BCUT2D eigenvalue weighted by atomic mass is 16.4. The quantitative estimate of drug-likeness (QED) is 0.702. The van der Waals surface area contributed by atoms with Crippen LogP contribution in [-0.2, 0) is 0 Å². The number of H-pyrrole nitrogens is 1. The van der Waals surface area contributed by atoms with Crippen LogP contribution >= 0.6 is 0 Å². The van der Waals surface area contributed by atoms with Crippen LogP contribution < -0.4 is 11.3 Å². The Hall–Kier alpha value is -1.78. The van der Waals surface area contributed by atoms with Crippen molar-refractivity contribution in [1.82, 2.24) is 4.98 Å². The van der Waals surface area contributed by atoms with Crippen LogP contribution in [0.1, 0.15) is 47.7 Å². The summed E-state index contributed by atoms with van der Waals surface area (Å²) in [5.74, 6) is -0.971. The first-order valence-electron chi connectivity index (χ1n) is 5.35. The predicted octanol–water partition coefficient (Wildman–Crippen LogP) is 1.31. The summed E-state index contributed by atoms with van der Waals surface area (Å²) in [6.45, 7) is 0. The van der Waals surface area contributed by atoms with Gasteiger partial charge in [0.15, 0.2) is 0 Å². The number of aromatic carboxylic acids is 1. The summed E-state index contributed by atoms with van der Waals surface area (Å²) >= 11 is 0. The maximum atomic E-state index is 11.5. The van der Waals surface area contributed by atoms with E-state index in [1.165, 1.54) is 6.07 Å². The van der Waals surface area contributed by atoms with E-state index in [9.17, 15) is 9.59 Å². The van der Waals surface area contributed by atoms with Crippen molar-refractivity contribution in [2.24, 2.45) is 0 Å². The van der Waals surface area contributed by atoms with Crippen molar-refractivity contribution >= 4 is 11.7 Å². The number of anilines is 1. The molecule has 1 aromatic rings. The number of carbonyl (C=O) groups is 1. The lowest BCUT2D eigenvalue weighted by Gasteiger charge is -2.12. The Labute approximate surface area is 92.3 Å². The molecule has 1 aliphatic carbocycles. The van der Waals surface area contributed by atoms with Gasteiger partial charge >= 0.3 is 5.97 Å². The Kier molecular flexibility index (Phi) is 2.68. The molecular weight excluding hydrogens is 208 g/mol. The fraction of sp³-hybridized carbons (Fsp3) is 0.455. The van der Waals surface area contributed by atoms with E-state index in [2.05, 4.69) is 4.98 Å². The molecule has 1 fully saturated rings. The summed E-state index contributed by atoms with van der Waals surface area (Å²) in [7, 11) is 0. The summed E-state index contributed by atoms with van der Waals surface area (Å²) in [6, 6.07) is 1.26. The molecule has 16 heavy (non-hydrogen) atoms. The van der Waals surface area contributed by atoms with Crippen molar-refractivity contribution in [3.63, 3.8) is 0 Å². The number of nitrogens with one attached hydrogen (secondary N) is 1. The number of hydrogen-bond donors (Lipinski definition) is 3. The first-order chi connectivity index (χ1) is 7.59. The van der Waals surface area contributed by atoms with Gasteiger partial charge in [-0.25, -0.2) is 4.79 Å². The molecule has 0 amide bonds. The van der Waals surface area contributed by atoms with Crippen molar-refractivity contribution in [1.29, 1.82) is 0 Å². The van der Waals surface area contributed by atoms with E-state index in [1.54, 1.807) is 0 Å². The average molecular weight is 222 g/mol. The smallest absolute Gasteiger partial charge is 0.341 e. The predicted molar refractivity (Wildman–Crippen MR) is 59.6 cm³/mol. The highest BCUT2D eigenvalue weighted by Crippen LogP contribution is 2.35. The number of nitrogens with two attached hydrogens (primary N) is 1. The van der Waals surface area contributed by atoms with Gasteiger partial charge in [0.25, 0.3) is 5.56 Å². The van der Waals surface area contributed by atoms with E-state index in [0.29, 0.717) is 11.4 Å². The third-order valence-electron chi connectivity index (χ3n) is 3.10. The highest BCUT2D eigenvalue weighted by Gasteiger charge is 2.22. The van der Waals surface area contributed by atoms with Gasteiger partial charge in [-0.1, -0.05) is 12.8 Å². The van der Waals surface area contributed by atoms with Gasteiger partial charge < -0.3 is 15.8 Å². The van der Waals surface area contributed by atoms with Crippen LogP contribution in [-0.4, -0.2) is 16.1 Å². The Bertz CT molecular complexity index is 473. The van der Waals surface area contributed by atoms with Crippen molar-refractivity contribution in [3.8, 4) is 0 Å². The van der Waals surface area contributed by atoms with Gasteiger partial charge in [0.1, 0.15) is 5.56 Å². The molecule has 5 heteroatoms. The van der Waals surface area contributed by atoms with Gasteiger partial charge in [-0.15, -0.1) is 0 Å². The fourth-order valence-corrected chi connectivity index (χ4v) is 2.27. The minimum Gasteiger partial charge on any atom is -0.477 e. The first kappa shape index (κ1) is 10.7. The number of hydrogen-bond acceptors (Lipinski definition) is 3. The number of aromatic nitrogens is 1. The molecule has 5 nitrogen and oxygen atoms in total. The molecule has 0 atom stereocenters. The van der Waals surface area contributed by atoms with Gasteiger partial charge in [-0.3, -0.25) is 4.79 Å². The minimum atomic E-state index is -1.24. The number of nitrogen functional groups attached to an aromatic ring is 1. The Morgan fingerprint density at radius 2 is 2.06 bits per heavy atom. The van der Waals surface area contributed by atoms with Gasteiger partial charge in [-0.2, -0.15) is 0 Å². The molecule has 2 rings (SSSR count). The maximum Gasteiger partial charge on any atom is 0.341 e. The lowest BCUT2D eigenvalue weighted by molar-refractivity contribution is 0.0695. The minimum absolute atomic E-state index is 0.274. The molecule has 0 unspecified atom stereocenters. The Morgan fingerprint density at radius 3 is 2.62 bits per heavy atom. The molecule has 0 saturated heterocycles. The van der Waals surface area contributed by atoms with E-state index in [1.807, 2.05) is 0 Å². The maximum absolute atomic E-state index is 11.5. The first-order valence-corrected chi connectivity index (χ1v) is 5.35. The summed E-state index contributed by atoms with van der Waals surface area (Å²) in [4.78, 5) is 24.8. The summed E-state index contributed by atoms with van der Waals surface area (Å²) in [5, 5.41) is 8.77. The zero-order valence-corrected chi connectivity index (χ0v) is 8.82. The molecule has 1 aliphatic rings. The van der Waals surface area contributed by atoms with Gasteiger partial charge in [0, 0.05) is 11.6 Å². The van der Waals surface area contributed by atoms with E-state index in [-0.39, 0.29) is 11.5 Å². The summed E-state index contributed by atoms with van der Waals surface area (Å²) < 4.78 is 0. The number of aromatic amines is 1. The van der Waals surface area contributed by atoms with Crippen LogP contribution in [0, 0.1) is 0 Å². The van der Waals surface area contributed by atoms with Crippen LogP contribution in [0.5, 0.6) is 0 Å². The van der Waals surface area contributed by atoms with Crippen LogP contribution in [0.4, 0.5) is 5.69 Å². The molecule has 1 aromatic heterocycles. The number of carboxylic acid groups (broad SMARTS) is 1. The molecule has 1 heterocycles. The number of carboxylic acids is 1. The number of pyridine rings is 1. The zero-order chi connectivity index (χ0) is 11.7. The third-order valence-corrected chi connectivity index (χ3v) is 3.10. The molecular formula is C11H14N2O3.